The highest BCUT2D eigenvalue weighted by atomic mass is 32.2. The van der Waals surface area contributed by atoms with Crippen LogP contribution in [0.1, 0.15) is 10.4 Å². The first kappa shape index (κ1) is 23.7. The molecule has 0 spiro atoms. The van der Waals surface area contributed by atoms with Gasteiger partial charge < -0.3 is 24.3 Å². The monoisotopic (exact) mass is 472 g/mol. The van der Waals surface area contributed by atoms with Gasteiger partial charge in [-0.15, -0.1) is 0 Å². The molecule has 0 heterocycles. The molecule has 0 fully saturated rings. The van der Waals surface area contributed by atoms with Crippen LogP contribution in [0.15, 0.2) is 65.6 Å². The van der Waals surface area contributed by atoms with Crippen molar-refractivity contribution in [1.29, 1.82) is 0 Å². The van der Waals surface area contributed by atoms with Gasteiger partial charge in [0.1, 0.15) is 16.4 Å². The predicted octanol–water partition coefficient (Wildman–Crippen LogP) is 3.77. The Morgan fingerprint density at radius 3 is 1.91 bits per heavy atom. The number of carbonyl (C=O) groups is 1. The quantitative estimate of drug-likeness (QED) is 0.487. The molecule has 10 heteroatoms. The van der Waals surface area contributed by atoms with Crippen molar-refractivity contribution in [3.8, 4) is 23.0 Å². The van der Waals surface area contributed by atoms with Gasteiger partial charge in [-0.3, -0.25) is 9.52 Å². The van der Waals surface area contributed by atoms with Crippen LogP contribution in [0.2, 0.25) is 0 Å². The van der Waals surface area contributed by atoms with Gasteiger partial charge in [0.05, 0.1) is 28.4 Å². The summed E-state index contributed by atoms with van der Waals surface area (Å²) in [5, 5.41) is 2.69. The average molecular weight is 473 g/mol. The molecule has 33 heavy (non-hydrogen) atoms. The van der Waals surface area contributed by atoms with Gasteiger partial charge in [0.25, 0.3) is 15.9 Å². The summed E-state index contributed by atoms with van der Waals surface area (Å²) >= 11 is 0. The van der Waals surface area contributed by atoms with Crippen LogP contribution in [0.3, 0.4) is 0 Å². The van der Waals surface area contributed by atoms with Crippen LogP contribution in [-0.2, 0) is 10.0 Å². The minimum Gasteiger partial charge on any atom is -0.497 e. The highest BCUT2D eigenvalue weighted by Gasteiger charge is 2.21. The number of hydrogen-bond acceptors (Lipinski definition) is 7. The van der Waals surface area contributed by atoms with Crippen LogP contribution < -0.4 is 29.0 Å². The van der Waals surface area contributed by atoms with E-state index in [2.05, 4.69) is 10.0 Å². The van der Waals surface area contributed by atoms with Gasteiger partial charge in [-0.1, -0.05) is 0 Å². The molecular formula is C23H24N2O7S. The second-order valence-electron chi connectivity index (χ2n) is 6.72. The molecule has 2 N–H and O–H groups in total. The van der Waals surface area contributed by atoms with Gasteiger partial charge in [-0.05, 0) is 60.7 Å². The maximum Gasteiger partial charge on any atom is 0.265 e. The Labute approximate surface area is 192 Å². The highest BCUT2D eigenvalue weighted by molar-refractivity contribution is 7.92. The third-order valence-corrected chi connectivity index (χ3v) is 6.10. The fourth-order valence-corrected chi connectivity index (χ4v) is 4.27. The number of rotatable bonds is 9. The van der Waals surface area contributed by atoms with Gasteiger partial charge in [0.2, 0.25) is 0 Å². The van der Waals surface area contributed by atoms with Crippen molar-refractivity contribution in [2.75, 3.05) is 38.5 Å². The van der Waals surface area contributed by atoms with Gasteiger partial charge in [-0.2, -0.15) is 0 Å². The molecule has 0 radical (unpaired) electrons. The second kappa shape index (κ2) is 10.1. The smallest absolute Gasteiger partial charge is 0.265 e. The van der Waals surface area contributed by atoms with E-state index in [-0.39, 0.29) is 16.3 Å². The van der Waals surface area contributed by atoms with E-state index in [4.69, 9.17) is 18.9 Å². The molecule has 0 aromatic heterocycles. The summed E-state index contributed by atoms with van der Waals surface area (Å²) in [4.78, 5) is 12.6. The van der Waals surface area contributed by atoms with Crippen LogP contribution in [0.25, 0.3) is 0 Å². The molecular weight excluding hydrogens is 448 g/mol. The Bertz CT molecular complexity index is 1240. The molecule has 0 unspecified atom stereocenters. The number of hydrogen-bond donors (Lipinski definition) is 2. The fraction of sp³-hybridized carbons (Fsp3) is 0.174. The van der Waals surface area contributed by atoms with E-state index in [9.17, 15) is 13.2 Å². The zero-order valence-corrected chi connectivity index (χ0v) is 19.4. The first-order valence-corrected chi connectivity index (χ1v) is 11.2. The SMILES string of the molecule is COc1ccc(NS(=O)(=O)c2cc(NC(=O)c3ccc(OC)c(OC)c3)ccc2OC)cc1. The van der Waals surface area contributed by atoms with Crippen LogP contribution >= 0.6 is 0 Å². The standard InChI is InChI=1S/C23H24N2O7S/c1-29-18-9-6-16(7-10-18)25-33(27,28)22-14-17(8-12-20(22)31-3)24-23(26)15-5-11-19(30-2)21(13-15)32-4/h5-14,25H,1-4H3,(H,24,26). The number of sulfonamides is 1. The number of anilines is 2. The molecule has 0 atom stereocenters. The minimum absolute atomic E-state index is 0.125. The molecule has 0 aliphatic carbocycles. The zero-order valence-electron chi connectivity index (χ0n) is 18.5. The number of ether oxygens (including phenoxy) is 4. The third-order valence-electron chi connectivity index (χ3n) is 4.70. The number of benzene rings is 3. The molecule has 3 aromatic carbocycles. The third kappa shape index (κ3) is 5.47. The first-order chi connectivity index (χ1) is 15.8. The zero-order chi connectivity index (χ0) is 24.0. The Morgan fingerprint density at radius 2 is 1.30 bits per heavy atom. The van der Waals surface area contributed by atoms with Crippen molar-refractivity contribution >= 4 is 27.3 Å². The van der Waals surface area contributed by atoms with Gasteiger partial charge in [-0.25, -0.2) is 8.42 Å². The normalized spacial score (nSPS) is 10.8. The molecule has 1 amide bonds. The lowest BCUT2D eigenvalue weighted by molar-refractivity contribution is 0.102. The minimum atomic E-state index is -4.02. The summed E-state index contributed by atoms with van der Waals surface area (Å²) in [6, 6.07) is 15.5. The van der Waals surface area contributed by atoms with E-state index in [1.54, 1.807) is 42.5 Å². The highest BCUT2D eigenvalue weighted by Crippen LogP contribution is 2.31. The van der Waals surface area contributed by atoms with Crippen LogP contribution in [0, 0.1) is 0 Å². The van der Waals surface area contributed by atoms with Crippen molar-refractivity contribution in [3.05, 3.63) is 66.2 Å². The van der Waals surface area contributed by atoms with E-state index < -0.39 is 15.9 Å². The first-order valence-electron chi connectivity index (χ1n) is 9.69. The molecule has 9 nitrogen and oxygen atoms in total. The van der Waals surface area contributed by atoms with Gasteiger partial charge in [0.15, 0.2) is 11.5 Å². The predicted molar refractivity (Wildman–Crippen MR) is 124 cm³/mol. The maximum absolute atomic E-state index is 13.0. The molecule has 0 bridgehead atoms. The molecule has 0 aliphatic heterocycles. The summed E-state index contributed by atoms with van der Waals surface area (Å²) < 4.78 is 49.3. The van der Waals surface area contributed by atoms with Crippen molar-refractivity contribution in [3.63, 3.8) is 0 Å². The Balaban J connectivity index is 1.87. The summed E-state index contributed by atoms with van der Waals surface area (Å²) in [5.41, 5.74) is 0.924. The van der Waals surface area contributed by atoms with E-state index in [1.807, 2.05) is 0 Å². The number of carbonyl (C=O) groups excluding carboxylic acids is 1. The van der Waals surface area contributed by atoms with Gasteiger partial charge >= 0.3 is 0 Å². The van der Waals surface area contributed by atoms with E-state index >= 15 is 0 Å². The molecule has 0 aliphatic rings. The Morgan fingerprint density at radius 1 is 0.697 bits per heavy atom. The lowest BCUT2D eigenvalue weighted by Crippen LogP contribution is -2.16. The van der Waals surface area contributed by atoms with Crippen LogP contribution in [-0.4, -0.2) is 42.8 Å². The molecule has 3 aromatic rings. The van der Waals surface area contributed by atoms with Crippen molar-refractivity contribution in [2.24, 2.45) is 0 Å². The van der Waals surface area contributed by atoms with Crippen molar-refractivity contribution < 1.29 is 32.2 Å². The summed E-state index contributed by atoms with van der Waals surface area (Å²) in [6.07, 6.45) is 0. The molecule has 174 valence electrons. The number of amides is 1. The van der Waals surface area contributed by atoms with Crippen LogP contribution in [0.5, 0.6) is 23.0 Å². The number of methoxy groups -OCH3 is 4. The van der Waals surface area contributed by atoms with E-state index in [0.29, 0.717) is 28.5 Å². The second-order valence-corrected chi connectivity index (χ2v) is 8.37. The van der Waals surface area contributed by atoms with Crippen molar-refractivity contribution in [2.45, 2.75) is 4.90 Å². The average Bonchev–Trinajstić information content (AvgIpc) is 2.83. The fourth-order valence-electron chi connectivity index (χ4n) is 3.01. The summed E-state index contributed by atoms with van der Waals surface area (Å²) in [7, 11) is 1.83. The lowest BCUT2D eigenvalue weighted by Gasteiger charge is -2.14. The molecule has 0 saturated heterocycles. The van der Waals surface area contributed by atoms with E-state index in [0.717, 1.165) is 0 Å². The topological polar surface area (TPSA) is 112 Å². The largest absolute Gasteiger partial charge is 0.497 e. The summed E-state index contributed by atoms with van der Waals surface area (Å²) in [5.74, 6) is 1.14. The Hall–Kier alpha value is -3.92. The lowest BCUT2D eigenvalue weighted by atomic mass is 10.2. The van der Waals surface area contributed by atoms with Crippen molar-refractivity contribution in [1.82, 2.24) is 0 Å². The van der Waals surface area contributed by atoms with Crippen LogP contribution in [0.4, 0.5) is 11.4 Å². The molecule has 0 saturated carbocycles. The van der Waals surface area contributed by atoms with E-state index in [1.165, 1.54) is 46.6 Å². The summed E-state index contributed by atoms with van der Waals surface area (Å²) in [6.45, 7) is 0. The molecule has 3 rings (SSSR count). The number of nitrogens with one attached hydrogen (secondary N) is 2. The van der Waals surface area contributed by atoms with Gasteiger partial charge in [0, 0.05) is 16.9 Å². The maximum atomic E-state index is 13.0. The Kier molecular flexibility index (Phi) is 7.29.